The molecule has 0 amide bonds. The molecule has 1 aliphatic heterocycles. The largest absolute Gasteiger partial charge is 0.497 e. The molecular formula is C15H14N2O3. The standard InChI is InChI=1S/C15H14N2O3/c1-19-10-4-5-11-13(8-10)20-15(18)12(9-16)14(11)17-6-2-3-7-17/h4-5,8H,2-3,6-7H2,1H3. The zero-order valence-electron chi connectivity index (χ0n) is 11.2. The SMILES string of the molecule is COc1ccc2c(N3CCCC3)c(C#N)c(=O)oc2c1. The number of nitriles is 1. The maximum atomic E-state index is 12.0. The second-order valence-corrected chi connectivity index (χ2v) is 4.78. The molecule has 1 saturated heterocycles. The molecule has 0 radical (unpaired) electrons. The van der Waals surface area contributed by atoms with E-state index in [9.17, 15) is 10.1 Å². The Morgan fingerprint density at radius 2 is 2.10 bits per heavy atom. The molecule has 2 aromatic rings. The fourth-order valence-corrected chi connectivity index (χ4v) is 2.66. The Labute approximate surface area is 116 Å². The summed E-state index contributed by atoms with van der Waals surface area (Å²) in [4.78, 5) is 14.1. The van der Waals surface area contributed by atoms with Crippen LogP contribution in [0.1, 0.15) is 18.4 Å². The molecule has 1 aliphatic rings. The van der Waals surface area contributed by atoms with Gasteiger partial charge in [0.1, 0.15) is 17.4 Å². The average molecular weight is 270 g/mol. The summed E-state index contributed by atoms with van der Waals surface area (Å²) in [5.41, 5.74) is 0.647. The van der Waals surface area contributed by atoms with Crippen LogP contribution in [0.15, 0.2) is 27.4 Å². The predicted molar refractivity (Wildman–Crippen MR) is 75.2 cm³/mol. The Kier molecular flexibility index (Phi) is 3.07. The van der Waals surface area contributed by atoms with Gasteiger partial charge in [-0.1, -0.05) is 0 Å². The summed E-state index contributed by atoms with van der Waals surface area (Å²) in [6.45, 7) is 1.72. The molecule has 0 aliphatic carbocycles. The Morgan fingerprint density at radius 3 is 2.75 bits per heavy atom. The molecule has 3 rings (SSSR count). The second kappa shape index (κ2) is 4.89. The van der Waals surface area contributed by atoms with Gasteiger partial charge in [-0.05, 0) is 25.0 Å². The fraction of sp³-hybridized carbons (Fsp3) is 0.333. The predicted octanol–water partition coefficient (Wildman–Crippen LogP) is 2.27. The highest BCUT2D eigenvalue weighted by Gasteiger charge is 2.22. The van der Waals surface area contributed by atoms with Gasteiger partial charge < -0.3 is 14.1 Å². The Bertz CT molecular complexity index is 752. The lowest BCUT2D eigenvalue weighted by Crippen LogP contribution is -2.22. The summed E-state index contributed by atoms with van der Waals surface area (Å²) in [5, 5.41) is 10.0. The van der Waals surface area contributed by atoms with Crippen molar-refractivity contribution in [2.24, 2.45) is 0 Å². The van der Waals surface area contributed by atoms with Gasteiger partial charge in [-0.25, -0.2) is 4.79 Å². The first-order chi connectivity index (χ1) is 9.74. The summed E-state index contributed by atoms with van der Waals surface area (Å²) < 4.78 is 10.4. The van der Waals surface area contributed by atoms with Crippen molar-refractivity contribution < 1.29 is 9.15 Å². The fourth-order valence-electron chi connectivity index (χ4n) is 2.66. The molecule has 102 valence electrons. The Morgan fingerprint density at radius 1 is 1.35 bits per heavy atom. The Balaban J connectivity index is 2.33. The average Bonchev–Trinajstić information content (AvgIpc) is 2.98. The molecule has 0 N–H and O–H groups in total. The maximum Gasteiger partial charge on any atom is 0.356 e. The highest BCUT2D eigenvalue weighted by molar-refractivity contribution is 5.94. The van der Waals surface area contributed by atoms with E-state index in [0.29, 0.717) is 17.0 Å². The first-order valence-electron chi connectivity index (χ1n) is 6.54. The molecule has 2 heterocycles. The summed E-state index contributed by atoms with van der Waals surface area (Å²) >= 11 is 0. The normalized spacial score (nSPS) is 14.5. The van der Waals surface area contributed by atoms with E-state index >= 15 is 0 Å². The van der Waals surface area contributed by atoms with E-state index in [1.165, 1.54) is 0 Å². The van der Waals surface area contributed by atoms with Crippen LogP contribution in [0.4, 0.5) is 5.69 Å². The molecule has 1 fully saturated rings. The number of benzene rings is 1. The molecule has 1 aromatic heterocycles. The molecule has 0 spiro atoms. The van der Waals surface area contributed by atoms with Crippen molar-refractivity contribution in [3.05, 3.63) is 34.2 Å². The number of nitrogens with zero attached hydrogens (tertiary/aromatic N) is 2. The quantitative estimate of drug-likeness (QED) is 0.783. The van der Waals surface area contributed by atoms with E-state index in [1.807, 2.05) is 18.2 Å². The van der Waals surface area contributed by atoms with Crippen LogP contribution in [-0.2, 0) is 0 Å². The van der Waals surface area contributed by atoms with Crippen molar-refractivity contribution in [1.82, 2.24) is 0 Å². The van der Waals surface area contributed by atoms with Crippen molar-refractivity contribution in [2.45, 2.75) is 12.8 Å². The second-order valence-electron chi connectivity index (χ2n) is 4.78. The van der Waals surface area contributed by atoms with Crippen molar-refractivity contribution >= 4 is 16.7 Å². The highest BCUT2D eigenvalue weighted by Crippen LogP contribution is 2.32. The topological polar surface area (TPSA) is 66.5 Å². The minimum absolute atomic E-state index is 0.0876. The molecule has 20 heavy (non-hydrogen) atoms. The third-order valence-electron chi connectivity index (χ3n) is 3.62. The zero-order valence-corrected chi connectivity index (χ0v) is 11.2. The summed E-state index contributed by atoms with van der Waals surface area (Å²) in [6.07, 6.45) is 2.14. The van der Waals surface area contributed by atoms with Crippen LogP contribution in [-0.4, -0.2) is 20.2 Å². The lowest BCUT2D eigenvalue weighted by molar-refractivity contribution is 0.414. The van der Waals surface area contributed by atoms with Crippen LogP contribution in [0.25, 0.3) is 11.0 Å². The minimum Gasteiger partial charge on any atom is -0.497 e. The first-order valence-corrected chi connectivity index (χ1v) is 6.54. The number of ether oxygens (including phenoxy) is 1. The van der Waals surface area contributed by atoms with Gasteiger partial charge in [-0.3, -0.25) is 0 Å². The van der Waals surface area contributed by atoms with E-state index in [2.05, 4.69) is 4.90 Å². The molecular weight excluding hydrogens is 256 g/mol. The lowest BCUT2D eigenvalue weighted by Gasteiger charge is -2.20. The van der Waals surface area contributed by atoms with Crippen LogP contribution in [0.5, 0.6) is 5.75 Å². The number of methoxy groups -OCH3 is 1. The molecule has 0 unspecified atom stereocenters. The molecule has 1 aromatic carbocycles. The van der Waals surface area contributed by atoms with Gasteiger partial charge in [-0.2, -0.15) is 5.26 Å². The molecule has 0 saturated carbocycles. The monoisotopic (exact) mass is 270 g/mol. The van der Waals surface area contributed by atoms with Gasteiger partial charge in [0.15, 0.2) is 5.56 Å². The van der Waals surface area contributed by atoms with Crippen LogP contribution >= 0.6 is 0 Å². The molecule has 5 nitrogen and oxygen atoms in total. The smallest absolute Gasteiger partial charge is 0.356 e. The van der Waals surface area contributed by atoms with Gasteiger partial charge in [0.05, 0.1) is 12.8 Å². The van der Waals surface area contributed by atoms with Gasteiger partial charge in [0.25, 0.3) is 0 Å². The number of rotatable bonds is 2. The van der Waals surface area contributed by atoms with E-state index in [0.717, 1.165) is 31.3 Å². The third kappa shape index (κ3) is 1.90. The van der Waals surface area contributed by atoms with Crippen LogP contribution in [0, 0.1) is 11.3 Å². The molecule has 5 heteroatoms. The van der Waals surface area contributed by atoms with Crippen molar-refractivity contribution in [3.8, 4) is 11.8 Å². The van der Waals surface area contributed by atoms with Crippen LogP contribution < -0.4 is 15.3 Å². The minimum atomic E-state index is -0.588. The van der Waals surface area contributed by atoms with Gasteiger partial charge in [0, 0.05) is 24.5 Å². The number of hydrogen-bond donors (Lipinski definition) is 0. The van der Waals surface area contributed by atoms with E-state index in [1.54, 1.807) is 13.2 Å². The molecule has 0 bridgehead atoms. The Hall–Kier alpha value is -2.48. The van der Waals surface area contributed by atoms with Gasteiger partial charge >= 0.3 is 5.63 Å². The van der Waals surface area contributed by atoms with Crippen molar-refractivity contribution in [3.63, 3.8) is 0 Å². The maximum absolute atomic E-state index is 12.0. The van der Waals surface area contributed by atoms with Crippen LogP contribution in [0.3, 0.4) is 0 Å². The van der Waals surface area contributed by atoms with Crippen molar-refractivity contribution in [2.75, 3.05) is 25.1 Å². The highest BCUT2D eigenvalue weighted by atomic mass is 16.5. The zero-order chi connectivity index (χ0) is 14.1. The lowest BCUT2D eigenvalue weighted by atomic mass is 10.1. The first kappa shape index (κ1) is 12.5. The molecule has 0 atom stereocenters. The van der Waals surface area contributed by atoms with Gasteiger partial charge in [-0.15, -0.1) is 0 Å². The van der Waals surface area contributed by atoms with E-state index in [4.69, 9.17) is 9.15 Å². The van der Waals surface area contributed by atoms with Gasteiger partial charge in [0.2, 0.25) is 0 Å². The van der Waals surface area contributed by atoms with Crippen LogP contribution in [0.2, 0.25) is 0 Å². The number of fused-ring (bicyclic) bond motifs is 1. The third-order valence-corrected chi connectivity index (χ3v) is 3.62. The van der Waals surface area contributed by atoms with E-state index < -0.39 is 5.63 Å². The summed E-state index contributed by atoms with van der Waals surface area (Å²) in [7, 11) is 1.56. The van der Waals surface area contributed by atoms with Crippen molar-refractivity contribution in [1.29, 1.82) is 5.26 Å². The number of anilines is 1. The number of hydrogen-bond acceptors (Lipinski definition) is 5. The summed E-state index contributed by atoms with van der Waals surface area (Å²) in [6, 6.07) is 7.31. The summed E-state index contributed by atoms with van der Waals surface area (Å²) in [5.74, 6) is 0.623. The van der Waals surface area contributed by atoms with E-state index in [-0.39, 0.29) is 5.56 Å².